The largest absolute Gasteiger partial charge is 0.303 e. The molecule has 1 unspecified atom stereocenters. The van der Waals surface area contributed by atoms with Gasteiger partial charge in [0.1, 0.15) is 0 Å². The van der Waals surface area contributed by atoms with E-state index in [1.807, 2.05) is 0 Å². The Morgan fingerprint density at radius 3 is 3.00 bits per heavy atom. The molecule has 1 rings (SSSR count). The zero-order chi connectivity index (χ0) is 7.40. The number of hydrogen-bond donors (Lipinski definition) is 0. The summed E-state index contributed by atoms with van der Waals surface area (Å²) in [5, 5.41) is 0. The van der Waals surface area contributed by atoms with Crippen molar-refractivity contribution in [2.45, 2.75) is 26.2 Å². The lowest BCUT2D eigenvalue weighted by molar-refractivity contribution is 0.183. The van der Waals surface area contributed by atoms with Gasteiger partial charge in [-0.15, -0.1) is 0 Å². The Bertz CT molecular complexity index is 80.7. The number of likely N-dealkylation sites (tertiary alicyclic amines) is 1. The number of rotatable bonds is 2. The van der Waals surface area contributed by atoms with Crippen LogP contribution in [0.5, 0.6) is 0 Å². The highest BCUT2D eigenvalue weighted by Crippen LogP contribution is 2.18. The van der Waals surface area contributed by atoms with Gasteiger partial charge in [0, 0.05) is 6.54 Å². The van der Waals surface area contributed by atoms with E-state index in [-0.39, 0.29) is 0 Å². The zero-order valence-electron chi connectivity index (χ0n) is 6.97. The maximum Gasteiger partial charge on any atom is 0.000955 e. The predicted molar refractivity (Wildman–Crippen MR) is 44.8 cm³/mol. The van der Waals surface area contributed by atoms with Crippen molar-refractivity contribution in [2.24, 2.45) is 5.92 Å². The first-order valence-electron chi connectivity index (χ1n) is 4.38. The van der Waals surface area contributed by atoms with E-state index in [0.29, 0.717) is 0 Å². The molecule has 1 heteroatoms. The van der Waals surface area contributed by atoms with Crippen LogP contribution in [-0.2, 0) is 0 Å². The monoisotopic (exact) mass is 140 g/mol. The smallest absolute Gasteiger partial charge is 0.000955 e. The van der Waals surface area contributed by atoms with Crippen molar-refractivity contribution in [1.29, 1.82) is 0 Å². The normalized spacial score (nSPS) is 28.8. The minimum absolute atomic E-state index is 0.883. The number of nitrogens with zero attached hydrogens (tertiary/aromatic N) is 1. The molecule has 1 nitrogen and oxygen atoms in total. The molecule has 0 spiro atoms. The van der Waals surface area contributed by atoms with E-state index in [1.54, 1.807) is 0 Å². The van der Waals surface area contributed by atoms with E-state index >= 15 is 0 Å². The van der Waals surface area contributed by atoms with E-state index in [2.05, 4.69) is 18.7 Å². The molecule has 1 heterocycles. The Balaban J connectivity index is 2.25. The van der Waals surface area contributed by atoms with Gasteiger partial charge >= 0.3 is 0 Å². The van der Waals surface area contributed by atoms with Gasteiger partial charge in [-0.1, -0.05) is 13.8 Å². The van der Waals surface area contributed by atoms with Crippen molar-refractivity contribution in [3.63, 3.8) is 0 Å². The van der Waals surface area contributed by atoms with Crippen molar-refractivity contribution in [3.05, 3.63) is 6.92 Å². The molecule has 0 bridgehead atoms. The summed E-state index contributed by atoms with van der Waals surface area (Å²) in [7, 11) is 0. The van der Waals surface area contributed by atoms with Gasteiger partial charge in [0.25, 0.3) is 0 Å². The van der Waals surface area contributed by atoms with Gasteiger partial charge in [0.2, 0.25) is 0 Å². The van der Waals surface area contributed by atoms with Crippen molar-refractivity contribution in [1.82, 2.24) is 4.90 Å². The predicted octanol–water partition coefficient (Wildman–Crippen LogP) is 1.94. The van der Waals surface area contributed by atoms with Crippen LogP contribution < -0.4 is 0 Å². The average Bonchev–Trinajstić information content (AvgIpc) is 2.05. The highest BCUT2D eigenvalue weighted by Gasteiger charge is 2.16. The van der Waals surface area contributed by atoms with Crippen LogP contribution >= 0.6 is 0 Å². The molecule has 0 N–H and O–H groups in total. The molecule has 0 aliphatic carbocycles. The standard InChI is InChI=1S/C9H18N/c1-3-9-6-5-7-10(4-2)8-9/h9H,1,3-8H2,2H3. The quantitative estimate of drug-likeness (QED) is 0.566. The van der Waals surface area contributed by atoms with Crippen LogP contribution in [0.1, 0.15) is 26.2 Å². The third kappa shape index (κ3) is 1.98. The lowest BCUT2D eigenvalue weighted by Crippen LogP contribution is -2.34. The molecular formula is C9H18N. The van der Waals surface area contributed by atoms with Crippen LogP contribution in [0, 0.1) is 12.8 Å². The molecule has 0 aromatic heterocycles. The van der Waals surface area contributed by atoms with Gasteiger partial charge in [-0.25, -0.2) is 0 Å². The lowest BCUT2D eigenvalue weighted by Gasteiger charge is -2.30. The second-order valence-corrected chi connectivity index (χ2v) is 3.19. The molecule has 59 valence electrons. The molecule has 10 heavy (non-hydrogen) atoms. The van der Waals surface area contributed by atoms with Crippen LogP contribution in [0.25, 0.3) is 0 Å². The van der Waals surface area contributed by atoms with Gasteiger partial charge in [-0.3, -0.25) is 0 Å². The van der Waals surface area contributed by atoms with Crippen LogP contribution in [0.15, 0.2) is 0 Å². The third-order valence-electron chi connectivity index (χ3n) is 2.46. The second-order valence-electron chi connectivity index (χ2n) is 3.19. The Morgan fingerprint density at radius 1 is 1.60 bits per heavy atom. The summed E-state index contributed by atoms with van der Waals surface area (Å²) in [4.78, 5) is 2.53. The summed E-state index contributed by atoms with van der Waals surface area (Å²) in [6.45, 7) is 10.0. The fraction of sp³-hybridized carbons (Fsp3) is 0.889. The molecule has 0 saturated carbocycles. The van der Waals surface area contributed by atoms with Crippen molar-refractivity contribution in [2.75, 3.05) is 19.6 Å². The summed E-state index contributed by atoms with van der Waals surface area (Å²) < 4.78 is 0. The molecule has 0 aromatic rings. The van der Waals surface area contributed by atoms with Crippen LogP contribution in [-0.4, -0.2) is 24.5 Å². The fourth-order valence-electron chi connectivity index (χ4n) is 1.67. The van der Waals surface area contributed by atoms with Crippen LogP contribution in [0.2, 0.25) is 0 Å². The maximum absolute atomic E-state index is 3.95. The summed E-state index contributed by atoms with van der Waals surface area (Å²) in [6, 6.07) is 0. The van der Waals surface area contributed by atoms with Crippen molar-refractivity contribution < 1.29 is 0 Å². The first-order chi connectivity index (χ1) is 4.86. The Hall–Kier alpha value is -0.0400. The summed E-state index contributed by atoms with van der Waals surface area (Å²) in [5.41, 5.74) is 0. The van der Waals surface area contributed by atoms with E-state index in [1.165, 1.54) is 32.5 Å². The summed E-state index contributed by atoms with van der Waals surface area (Å²) in [5.74, 6) is 0.883. The second kappa shape index (κ2) is 3.97. The first-order valence-corrected chi connectivity index (χ1v) is 4.38. The van der Waals surface area contributed by atoms with Gasteiger partial charge in [-0.2, -0.15) is 0 Å². The highest BCUT2D eigenvalue weighted by atomic mass is 15.1. The summed E-state index contributed by atoms with van der Waals surface area (Å²) in [6.07, 6.45) is 3.91. The number of hydrogen-bond acceptors (Lipinski definition) is 1. The van der Waals surface area contributed by atoms with Gasteiger partial charge in [0.05, 0.1) is 0 Å². The molecule has 1 radical (unpaired) electrons. The highest BCUT2D eigenvalue weighted by molar-refractivity contribution is 4.72. The zero-order valence-corrected chi connectivity index (χ0v) is 6.97. The Kier molecular flexibility index (Phi) is 3.20. The van der Waals surface area contributed by atoms with Crippen LogP contribution in [0.3, 0.4) is 0 Å². The SMILES string of the molecule is [CH2]CC1CCCN(CC)C1. The Labute approximate surface area is 64.4 Å². The lowest BCUT2D eigenvalue weighted by atomic mass is 9.96. The molecule has 1 aliphatic rings. The van der Waals surface area contributed by atoms with Crippen molar-refractivity contribution in [3.8, 4) is 0 Å². The van der Waals surface area contributed by atoms with E-state index in [9.17, 15) is 0 Å². The molecule has 1 aliphatic heterocycles. The van der Waals surface area contributed by atoms with Crippen molar-refractivity contribution >= 4 is 0 Å². The van der Waals surface area contributed by atoms with Gasteiger partial charge in [0.15, 0.2) is 0 Å². The molecule has 1 atom stereocenters. The Morgan fingerprint density at radius 2 is 2.40 bits per heavy atom. The molecule has 1 saturated heterocycles. The summed E-state index contributed by atoms with van der Waals surface area (Å²) >= 11 is 0. The number of piperidine rings is 1. The average molecular weight is 140 g/mol. The van der Waals surface area contributed by atoms with Crippen LogP contribution in [0.4, 0.5) is 0 Å². The fourth-order valence-corrected chi connectivity index (χ4v) is 1.67. The van der Waals surface area contributed by atoms with Gasteiger partial charge in [-0.05, 0) is 38.3 Å². The van der Waals surface area contributed by atoms with E-state index in [4.69, 9.17) is 0 Å². The first kappa shape index (κ1) is 8.06. The minimum atomic E-state index is 0.883. The molecule has 0 aromatic carbocycles. The molecule has 1 fully saturated rings. The van der Waals surface area contributed by atoms with E-state index < -0.39 is 0 Å². The third-order valence-corrected chi connectivity index (χ3v) is 2.46. The minimum Gasteiger partial charge on any atom is -0.303 e. The van der Waals surface area contributed by atoms with E-state index in [0.717, 1.165) is 12.3 Å². The maximum atomic E-state index is 3.95. The molecular weight excluding hydrogens is 122 g/mol. The topological polar surface area (TPSA) is 3.24 Å². The molecule has 0 amide bonds. The van der Waals surface area contributed by atoms with Gasteiger partial charge < -0.3 is 4.90 Å².